The van der Waals surface area contributed by atoms with Gasteiger partial charge in [0.05, 0.1) is 6.54 Å². The lowest BCUT2D eigenvalue weighted by Gasteiger charge is -2.19. The summed E-state index contributed by atoms with van der Waals surface area (Å²) in [7, 11) is 1.63. The van der Waals surface area contributed by atoms with Gasteiger partial charge in [-0.3, -0.25) is 9.89 Å². The van der Waals surface area contributed by atoms with Gasteiger partial charge in [-0.25, -0.2) is 4.39 Å². The molecule has 2 N–H and O–H groups in total. The van der Waals surface area contributed by atoms with Gasteiger partial charge in [-0.15, -0.1) is 35.7 Å². The van der Waals surface area contributed by atoms with E-state index in [2.05, 4.69) is 15.6 Å². The summed E-state index contributed by atoms with van der Waals surface area (Å²) in [6.07, 6.45) is -3.51. The third-order valence-corrected chi connectivity index (χ3v) is 4.73. The lowest BCUT2D eigenvalue weighted by molar-refractivity contribution is -0.143. The predicted octanol–water partition coefficient (Wildman–Crippen LogP) is 3.34. The zero-order chi connectivity index (χ0) is 18.3. The van der Waals surface area contributed by atoms with E-state index in [-0.39, 0.29) is 35.8 Å². The Morgan fingerprint density at radius 3 is 2.62 bits per heavy atom. The lowest BCUT2D eigenvalue weighted by atomic mass is 10.3. The number of guanidine groups is 1. The first kappa shape index (κ1) is 23.3. The number of alkyl halides is 3. The minimum atomic E-state index is -4.16. The molecule has 1 aromatic rings. The monoisotopic (exact) mass is 506 g/mol. The molecule has 1 unspecified atom stereocenters. The standard InChI is InChI=1S/C16H22F4N4S.HI/c1-21-15(22-7-9-25-14-4-2-12(17)3-5-14)23-13-6-8-24(10-13)11-16(18,19)20;/h2-5,13H,6-11H2,1H3,(H2,21,22,23);1H. The van der Waals surface area contributed by atoms with Gasteiger partial charge < -0.3 is 10.6 Å². The quantitative estimate of drug-likeness (QED) is 0.155. The molecular weight excluding hydrogens is 483 g/mol. The molecule has 2 rings (SSSR count). The Kier molecular flexibility index (Phi) is 10.0. The van der Waals surface area contributed by atoms with Crippen LogP contribution in [0.1, 0.15) is 6.42 Å². The van der Waals surface area contributed by atoms with Gasteiger partial charge in [0.1, 0.15) is 5.82 Å². The molecule has 26 heavy (non-hydrogen) atoms. The van der Waals surface area contributed by atoms with Crippen molar-refractivity contribution in [3.05, 3.63) is 30.1 Å². The van der Waals surface area contributed by atoms with E-state index in [9.17, 15) is 17.6 Å². The van der Waals surface area contributed by atoms with E-state index in [4.69, 9.17) is 0 Å². The van der Waals surface area contributed by atoms with Crippen molar-refractivity contribution in [2.45, 2.75) is 23.5 Å². The van der Waals surface area contributed by atoms with Gasteiger partial charge in [0.25, 0.3) is 0 Å². The third kappa shape index (κ3) is 8.76. The van der Waals surface area contributed by atoms with Crippen LogP contribution in [0, 0.1) is 5.82 Å². The first-order valence-electron chi connectivity index (χ1n) is 8.00. The zero-order valence-electron chi connectivity index (χ0n) is 14.4. The number of hydrogen-bond donors (Lipinski definition) is 2. The van der Waals surface area contributed by atoms with Crippen molar-refractivity contribution in [1.82, 2.24) is 15.5 Å². The zero-order valence-corrected chi connectivity index (χ0v) is 17.5. The van der Waals surface area contributed by atoms with Crippen molar-refractivity contribution >= 4 is 41.7 Å². The van der Waals surface area contributed by atoms with Crippen LogP contribution in [0.25, 0.3) is 0 Å². The summed E-state index contributed by atoms with van der Waals surface area (Å²) in [6.45, 7) is 0.547. The molecule has 10 heteroatoms. The van der Waals surface area contributed by atoms with Crippen LogP contribution in [0.15, 0.2) is 34.2 Å². The van der Waals surface area contributed by atoms with E-state index in [1.165, 1.54) is 17.0 Å². The van der Waals surface area contributed by atoms with Crippen LogP contribution in [-0.2, 0) is 0 Å². The fourth-order valence-corrected chi connectivity index (χ4v) is 3.37. The number of likely N-dealkylation sites (tertiary alicyclic amines) is 1. The molecule has 1 heterocycles. The summed E-state index contributed by atoms with van der Waals surface area (Å²) in [5.74, 6) is 1.08. The van der Waals surface area contributed by atoms with Crippen LogP contribution in [0.3, 0.4) is 0 Å². The summed E-state index contributed by atoms with van der Waals surface area (Å²) < 4.78 is 50.1. The molecule has 1 atom stereocenters. The molecule has 0 spiro atoms. The first-order chi connectivity index (χ1) is 11.9. The van der Waals surface area contributed by atoms with Crippen molar-refractivity contribution in [3.8, 4) is 0 Å². The van der Waals surface area contributed by atoms with Crippen LogP contribution in [0.2, 0.25) is 0 Å². The molecule has 0 bridgehead atoms. The first-order valence-corrected chi connectivity index (χ1v) is 8.99. The molecule has 1 aliphatic rings. The number of halogens is 5. The lowest BCUT2D eigenvalue weighted by Crippen LogP contribution is -2.45. The molecule has 1 fully saturated rings. The summed E-state index contributed by atoms with van der Waals surface area (Å²) in [5.41, 5.74) is 0. The van der Waals surface area contributed by atoms with E-state index < -0.39 is 12.7 Å². The number of nitrogens with zero attached hydrogens (tertiary/aromatic N) is 2. The van der Waals surface area contributed by atoms with Gasteiger partial charge in [0, 0.05) is 43.4 Å². The van der Waals surface area contributed by atoms with Crippen LogP contribution in [0.4, 0.5) is 17.6 Å². The van der Waals surface area contributed by atoms with Crippen molar-refractivity contribution < 1.29 is 17.6 Å². The molecule has 0 aliphatic carbocycles. The molecular formula is C16H23F4IN4S. The summed E-state index contributed by atoms with van der Waals surface area (Å²) in [6, 6.07) is 6.24. The normalized spacial score (nSPS) is 18.5. The molecule has 4 nitrogen and oxygen atoms in total. The Bertz CT molecular complexity index is 568. The molecule has 1 saturated heterocycles. The highest BCUT2D eigenvalue weighted by molar-refractivity contribution is 14.0. The van der Waals surface area contributed by atoms with Gasteiger partial charge in [-0.1, -0.05) is 0 Å². The second-order valence-electron chi connectivity index (χ2n) is 5.78. The number of rotatable bonds is 6. The summed E-state index contributed by atoms with van der Waals surface area (Å²) in [5, 5.41) is 6.30. The molecule has 148 valence electrons. The Hall–Kier alpha value is -0.750. The molecule has 0 radical (unpaired) electrons. The maximum Gasteiger partial charge on any atom is 0.401 e. The van der Waals surface area contributed by atoms with Crippen molar-refractivity contribution in [1.29, 1.82) is 0 Å². The summed E-state index contributed by atoms with van der Waals surface area (Å²) in [4.78, 5) is 6.48. The third-order valence-electron chi connectivity index (χ3n) is 3.72. The van der Waals surface area contributed by atoms with Crippen LogP contribution < -0.4 is 10.6 Å². The Morgan fingerprint density at radius 2 is 2.00 bits per heavy atom. The molecule has 0 aromatic heterocycles. The van der Waals surface area contributed by atoms with E-state index in [0.717, 1.165) is 10.6 Å². The predicted molar refractivity (Wildman–Crippen MR) is 108 cm³/mol. The highest BCUT2D eigenvalue weighted by Gasteiger charge is 2.34. The van der Waals surface area contributed by atoms with Crippen LogP contribution >= 0.6 is 35.7 Å². The Labute approximate surface area is 172 Å². The van der Waals surface area contributed by atoms with Crippen LogP contribution in [-0.4, -0.2) is 62.1 Å². The minimum absolute atomic E-state index is 0. The largest absolute Gasteiger partial charge is 0.401 e. The number of benzene rings is 1. The van der Waals surface area contributed by atoms with Gasteiger partial charge >= 0.3 is 6.18 Å². The van der Waals surface area contributed by atoms with Crippen molar-refractivity contribution in [2.75, 3.05) is 39.0 Å². The highest BCUT2D eigenvalue weighted by atomic mass is 127. The molecule has 1 aromatic carbocycles. The van der Waals surface area contributed by atoms with Crippen molar-refractivity contribution in [3.63, 3.8) is 0 Å². The summed E-state index contributed by atoms with van der Waals surface area (Å²) >= 11 is 1.59. The van der Waals surface area contributed by atoms with E-state index in [1.807, 2.05) is 0 Å². The average Bonchev–Trinajstić information content (AvgIpc) is 2.97. The Morgan fingerprint density at radius 1 is 1.31 bits per heavy atom. The second kappa shape index (κ2) is 11.2. The number of hydrogen-bond acceptors (Lipinski definition) is 3. The molecule has 1 aliphatic heterocycles. The van der Waals surface area contributed by atoms with Crippen LogP contribution in [0.5, 0.6) is 0 Å². The fourth-order valence-electron chi connectivity index (χ4n) is 2.60. The topological polar surface area (TPSA) is 39.7 Å². The maximum atomic E-state index is 12.8. The SMILES string of the molecule is CN=C(NCCSc1ccc(F)cc1)NC1CCN(CC(F)(F)F)C1.I. The van der Waals surface area contributed by atoms with E-state index >= 15 is 0 Å². The van der Waals surface area contributed by atoms with Gasteiger partial charge in [0.2, 0.25) is 0 Å². The van der Waals surface area contributed by atoms with Gasteiger partial charge in [-0.2, -0.15) is 13.2 Å². The number of aliphatic imine (C=N–C) groups is 1. The Balaban J connectivity index is 0.00000338. The fraction of sp³-hybridized carbons (Fsp3) is 0.562. The van der Waals surface area contributed by atoms with E-state index in [0.29, 0.717) is 32.0 Å². The van der Waals surface area contributed by atoms with Crippen molar-refractivity contribution in [2.24, 2.45) is 4.99 Å². The number of thioether (sulfide) groups is 1. The highest BCUT2D eigenvalue weighted by Crippen LogP contribution is 2.20. The van der Waals surface area contributed by atoms with Gasteiger partial charge in [-0.05, 0) is 30.7 Å². The maximum absolute atomic E-state index is 12.8. The van der Waals surface area contributed by atoms with E-state index in [1.54, 1.807) is 30.9 Å². The minimum Gasteiger partial charge on any atom is -0.356 e. The smallest absolute Gasteiger partial charge is 0.356 e. The van der Waals surface area contributed by atoms with Gasteiger partial charge in [0.15, 0.2) is 5.96 Å². The number of nitrogens with one attached hydrogen (secondary N) is 2. The molecule has 0 amide bonds. The molecule has 0 saturated carbocycles. The average molecular weight is 506 g/mol. The second-order valence-corrected chi connectivity index (χ2v) is 6.95.